The van der Waals surface area contributed by atoms with E-state index in [1.807, 2.05) is 26.8 Å². The topological polar surface area (TPSA) is 37.8 Å². The molecular weight excluding hydrogens is 162 g/mol. The zero-order chi connectivity index (χ0) is 9.90. The number of hydrogen-bond acceptors (Lipinski definition) is 3. The lowest BCUT2D eigenvalue weighted by atomic mass is 10.1. The first kappa shape index (κ1) is 9.53. The predicted octanol–water partition coefficient (Wildman–Crippen LogP) is 1.61. The summed E-state index contributed by atoms with van der Waals surface area (Å²) in [4.78, 5) is 0. The molecule has 0 saturated heterocycles. The summed E-state index contributed by atoms with van der Waals surface area (Å²) in [6.45, 7) is 5.79. The van der Waals surface area contributed by atoms with Crippen LogP contribution in [0.25, 0.3) is 0 Å². The van der Waals surface area contributed by atoms with Crippen LogP contribution in [0.15, 0.2) is 12.3 Å². The monoisotopic (exact) mass is 175 g/mol. The number of aryl methyl sites for hydroxylation is 1. The van der Waals surface area contributed by atoms with Crippen LogP contribution in [-0.2, 0) is 0 Å². The molecule has 3 nitrogen and oxygen atoms in total. The van der Waals surface area contributed by atoms with Gasteiger partial charge in [-0.2, -0.15) is 5.10 Å². The SMILES string of the molecule is C#CC(C)(C)Nc1cc(C)cnn1. The normalized spacial score (nSPS) is 10.6. The van der Waals surface area contributed by atoms with Crippen LogP contribution in [0.3, 0.4) is 0 Å². The highest BCUT2D eigenvalue weighted by molar-refractivity contribution is 5.40. The van der Waals surface area contributed by atoms with E-state index < -0.39 is 0 Å². The maximum absolute atomic E-state index is 5.33. The third-order valence-corrected chi connectivity index (χ3v) is 1.59. The van der Waals surface area contributed by atoms with Gasteiger partial charge in [0.05, 0.1) is 11.7 Å². The molecule has 0 amide bonds. The van der Waals surface area contributed by atoms with E-state index >= 15 is 0 Å². The highest BCUT2D eigenvalue weighted by atomic mass is 15.2. The quantitative estimate of drug-likeness (QED) is 0.694. The van der Waals surface area contributed by atoms with Crippen LogP contribution in [0.2, 0.25) is 0 Å². The van der Waals surface area contributed by atoms with Crippen molar-refractivity contribution in [1.82, 2.24) is 10.2 Å². The lowest BCUT2D eigenvalue weighted by molar-refractivity contribution is 0.731. The van der Waals surface area contributed by atoms with Crippen LogP contribution in [0.5, 0.6) is 0 Å². The smallest absolute Gasteiger partial charge is 0.150 e. The molecule has 0 fully saturated rings. The van der Waals surface area contributed by atoms with Gasteiger partial charge in [-0.3, -0.25) is 0 Å². The summed E-state index contributed by atoms with van der Waals surface area (Å²) in [7, 11) is 0. The zero-order valence-electron chi connectivity index (χ0n) is 8.13. The Kier molecular flexibility index (Phi) is 2.52. The molecule has 1 aromatic heterocycles. The van der Waals surface area contributed by atoms with Gasteiger partial charge in [0, 0.05) is 0 Å². The predicted molar refractivity (Wildman–Crippen MR) is 53.3 cm³/mol. The molecule has 1 N–H and O–H groups in total. The molecule has 0 unspecified atom stereocenters. The van der Waals surface area contributed by atoms with Gasteiger partial charge in [-0.05, 0) is 32.4 Å². The van der Waals surface area contributed by atoms with Gasteiger partial charge in [-0.15, -0.1) is 11.5 Å². The number of anilines is 1. The van der Waals surface area contributed by atoms with Crippen LogP contribution in [0.1, 0.15) is 19.4 Å². The van der Waals surface area contributed by atoms with Crippen molar-refractivity contribution in [2.75, 3.05) is 5.32 Å². The van der Waals surface area contributed by atoms with Gasteiger partial charge >= 0.3 is 0 Å². The molecule has 0 spiro atoms. The van der Waals surface area contributed by atoms with Crippen molar-refractivity contribution in [2.45, 2.75) is 26.3 Å². The molecule has 68 valence electrons. The van der Waals surface area contributed by atoms with Gasteiger partial charge in [0.1, 0.15) is 5.82 Å². The Bertz CT molecular complexity index is 336. The fourth-order valence-electron chi connectivity index (χ4n) is 0.881. The van der Waals surface area contributed by atoms with Crippen molar-refractivity contribution < 1.29 is 0 Å². The number of nitrogens with one attached hydrogen (secondary N) is 1. The minimum atomic E-state index is -0.386. The largest absolute Gasteiger partial charge is 0.353 e. The first-order valence-corrected chi connectivity index (χ1v) is 4.09. The number of hydrogen-bond donors (Lipinski definition) is 1. The van der Waals surface area contributed by atoms with Crippen molar-refractivity contribution in [3.63, 3.8) is 0 Å². The van der Waals surface area contributed by atoms with Gasteiger partial charge in [0.15, 0.2) is 0 Å². The summed E-state index contributed by atoms with van der Waals surface area (Å²) >= 11 is 0. The lowest BCUT2D eigenvalue weighted by Gasteiger charge is -2.19. The van der Waals surface area contributed by atoms with Crippen LogP contribution in [0, 0.1) is 19.3 Å². The summed E-state index contributed by atoms with van der Waals surface area (Å²) in [6, 6.07) is 1.91. The molecule has 0 saturated carbocycles. The average molecular weight is 175 g/mol. The minimum Gasteiger partial charge on any atom is -0.353 e. The average Bonchev–Trinajstić information content (AvgIpc) is 2.03. The molecule has 0 aromatic carbocycles. The number of nitrogens with zero attached hydrogens (tertiary/aromatic N) is 2. The molecule has 3 heteroatoms. The highest BCUT2D eigenvalue weighted by Crippen LogP contribution is 2.11. The van der Waals surface area contributed by atoms with Crippen molar-refractivity contribution in [3.8, 4) is 12.3 Å². The lowest BCUT2D eigenvalue weighted by Crippen LogP contribution is -2.29. The Balaban J connectivity index is 2.82. The molecule has 0 bridgehead atoms. The van der Waals surface area contributed by atoms with E-state index in [1.165, 1.54) is 0 Å². The van der Waals surface area contributed by atoms with Crippen LogP contribution < -0.4 is 5.32 Å². The van der Waals surface area contributed by atoms with E-state index in [4.69, 9.17) is 6.42 Å². The molecule has 0 aliphatic carbocycles. The minimum absolute atomic E-state index is 0.386. The molecule has 13 heavy (non-hydrogen) atoms. The molecule has 1 aromatic rings. The van der Waals surface area contributed by atoms with E-state index in [1.54, 1.807) is 6.20 Å². The summed E-state index contributed by atoms with van der Waals surface area (Å²) < 4.78 is 0. The maximum Gasteiger partial charge on any atom is 0.150 e. The van der Waals surface area contributed by atoms with E-state index in [-0.39, 0.29) is 5.54 Å². The molecule has 0 aliphatic rings. The van der Waals surface area contributed by atoms with Crippen molar-refractivity contribution in [1.29, 1.82) is 0 Å². The van der Waals surface area contributed by atoms with E-state index in [0.717, 1.165) is 5.56 Å². The summed E-state index contributed by atoms with van der Waals surface area (Å²) in [5.41, 5.74) is 0.674. The fraction of sp³-hybridized carbons (Fsp3) is 0.400. The van der Waals surface area contributed by atoms with Gasteiger partial charge < -0.3 is 5.32 Å². The van der Waals surface area contributed by atoms with Crippen molar-refractivity contribution in [3.05, 3.63) is 17.8 Å². The van der Waals surface area contributed by atoms with E-state index in [0.29, 0.717) is 5.82 Å². The van der Waals surface area contributed by atoms with Crippen LogP contribution in [0.4, 0.5) is 5.82 Å². The van der Waals surface area contributed by atoms with Gasteiger partial charge in [0.2, 0.25) is 0 Å². The Hall–Kier alpha value is -1.56. The Morgan fingerprint density at radius 1 is 1.54 bits per heavy atom. The Labute approximate surface area is 78.6 Å². The molecular formula is C10H13N3. The standard InChI is InChI=1S/C10H13N3/c1-5-10(3,4)12-9-6-8(2)7-11-13-9/h1,6-7H,2-4H3,(H,12,13). The third-order valence-electron chi connectivity index (χ3n) is 1.59. The number of aromatic nitrogens is 2. The Morgan fingerprint density at radius 3 is 2.77 bits per heavy atom. The maximum atomic E-state index is 5.33. The number of terminal acetylenes is 1. The summed E-state index contributed by atoms with van der Waals surface area (Å²) in [6.07, 6.45) is 7.03. The second-order valence-electron chi connectivity index (χ2n) is 3.51. The highest BCUT2D eigenvalue weighted by Gasteiger charge is 2.13. The molecule has 0 atom stereocenters. The number of rotatable bonds is 2. The molecule has 1 rings (SSSR count). The zero-order valence-corrected chi connectivity index (χ0v) is 8.13. The van der Waals surface area contributed by atoms with Crippen LogP contribution in [-0.4, -0.2) is 15.7 Å². The molecule has 0 aliphatic heterocycles. The summed E-state index contributed by atoms with van der Waals surface area (Å²) in [5, 5.41) is 10.8. The molecule has 1 heterocycles. The fourth-order valence-corrected chi connectivity index (χ4v) is 0.881. The Morgan fingerprint density at radius 2 is 2.23 bits per heavy atom. The van der Waals surface area contributed by atoms with Crippen molar-refractivity contribution >= 4 is 5.82 Å². The van der Waals surface area contributed by atoms with E-state index in [2.05, 4.69) is 21.4 Å². The third kappa shape index (κ3) is 2.75. The van der Waals surface area contributed by atoms with Gasteiger partial charge in [-0.25, -0.2) is 0 Å². The van der Waals surface area contributed by atoms with Crippen LogP contribution >= 0.6 is 0 Å². The summed E-state index contributed by atoms with van der Waals surface area (Å²) in [5.74, 6) is 3.34. The van der Waals surface area contributed by atoms with Crippen molar-refractivity contribution in [2.24, 2.45) is 0 Å². The first-order chi connectivity index (χ1) is 6.03. The first-order valence-electron chi connectivity index (χ1n) is 4.09. The van der Waals surface area contributed by atoms with Gasteiger partial charge in [0.25, 0.3) is 0 Å². The molecule has 0 radical (unpaired) electrons. The second kappa shape index (κ2) is 3.44. The second-order valence-corrected chi connectivity index (χ2v) is 3.51. The van der Waals surface area contributed by atoms with Gasteiger partial charge in [-0.1, -0.05) is 5.92 Å². The van der Waals surface area contributed by atoms with E-state index in [9.17, 15) is 0 Å².